The Hall–Kier alpha value is -1.33. The average Bonchev–Trinajstić information content (AvgIpc) is 2.91. The largest absolute Gasteiger partial charge is 0.508 e. The average molecular weight is 324 g/mol. The van der Waals surface area contributed by atoms with Crippen molar-refractivity contribution in [2.75, 3.05) is 6.54 Å². The molecule has 0 bridgehead atoms. The maximum absolute atomic E-state index is 9.94. The molecule has 1 atom stereocenters. The van der Waals surface area contributed by atoms with E-state index in [0.29, 0.717) is 5.75 Å². The Bertz CT molecular complexity index is 513. The van der Waals surface area contributed by atoms with Gasteiger partial charge in [-0.3, -0.25) is 0 Å². The van der Waals surface area contributed by atoms with Gasteiger partial charge in [0.25, 0.3) is 0 Å². The van der Waals surface area contributed by atoms with Gasteiger partial charge in [0.2, 0.25) is 0 Å². The minimum Gasteiger partial charge on any atom is -0.508 e. The number of nitrogens with one attached hydrogen (secondary N) is 1. The van der Waals surface area contributed by atoms with Crippen LogP contribution in [0.25, 0.3) is 0 Å². The zero-order valence-electron chi connectivity index (χ0n) is 10.9. The molecule has 0 amide bonds. The number of aromatic nitrogens is 2. The van der Waals surface area contributed by atoms with Gasteiger partial charge in [0.15, 0.2) is 0 Å². The number of rotatable bonds is 6. The lowest BCUT2D eigenvalue weighted by atomic mass is 10.0. The van der Waals surface area contributed by atoms with Crippen molar-refractivity contribution in [2.24, 2.45) is 0 Å². The summed E-state index contributed by atoms with van der Waals surface area (Å²) in [6.07, 6.45) is 6.45. The summed E-state index contributed by atoms with van der Waals surface area (Å²) in [6.45, 7) is 3.81. The summed E-state index contributed by atoms with van der Waals surface area (Å²) in [4.78, 5) is 4.01. The summed E-state index contributed by atoms with van der Waals surface area (Å²) < 4.78 is 3.01. The maximum Gasteiger partial charge on any atom is 0.120 e. The summed E-state index contributed by atoms with van der Waals surface area (Å²) in [5.41, 5.74) is 0.933. The molecule has 4 nitrogen and oxygen atoms in total. The summed E-state index contributed by atoms with van der Waals surface area (Å²) >= 11 is 3.44. The van der Waals surface area contributed by atoms with E-state index in [1.54, 1.807) is 18.6 Å². The molecule has 2 N–H and O–H groups in total. The van der Waals surface area contributed by atoms with Crippen LogP contribution in [-0.2, 0) is 6.54 Å². The molecule has 1 aromatic heterocycles. The van der Waals surface area contributed by atoms with Crippen molar-refractivity contribution in [3.63, 3.8) is 0 Å². The number of phenolic OH excluding ortho intramolecular Hbond substituents is 1. The van der Waals surface area contributed by atoms with Crippen molar-refractivity contribution >= 4 is 15.9 Å². The van der Waals surface area contributed by atoms with Crippen molar-refractivity contribution in [1.82, 2.24) is 14.9 Å². The van der Waals surface area contributed by atoms with Crippen LogP contribution >= 0.6 is 15.9 Å². The van der Waals surface area contributed by atoms with Crippen molar-refractivity contribution < 1.29 is 5.11 Å². The summed E-state index contributed by atoms with van der Waals surface area (Å²) in [5, 5.41) is 13.4. The molecule has 0 fully saturated rings. The van der Waals surface area contributed by atoms with Crippen molar-refractivity contribution in [2.45, 2.75) is 25.9 Å². The van der Waals surface area contributed by atoms with Crippen LogP contribution in [0.5, 0.6) is 5.75 Å². The standard InChI is InChI=1S/C14H18BrN3O/c1-2-13(12-9-11(15)3-4-14(12)19)17-6-8-18-7-5-16-10-18/h3-5,7,9-10,13,17,19H,2,6,8H2,1H3. The van der Waals surface area contributed by atoms with Crippen LogP contribution in [0, 0.1) is 0 Å². The molecule has 1 heterocycles. The number of hydrogen-bond donors (Lipinski definition) is 2. The Morgan fingerprint density at radius 3 is 3.00 bits per heavy atom. The predicted molar refractivity (Wildman–Crippen MR) is 79.1 cm³/mol. The van der Waals surface area contributed by atoms with E-state index in [-0.39, 0.29) is 6.04 Å². The molecule has 0 aliphatic heterocycles. The second-order valence-electron chi connectivity index (χ2n) is 4.42. The van der Waals surface area contributed by atoms with Crippen LogP contribution in [-0.4, -0.2) is 21.2 Å². The molecule has 1 unspecified atom stereocenters. The molecule has 0 radical (unpaired) electrons. The van der Waals surface area contributed by atoms with E-state index in [2.05, 4.69) is 33.2 Å². The first-order valence-electron chi connectivity index (χ1n) is 6.38. The Labute approximate surface area is 121 Å². The second kappa shape index (κ2) is 6.73. The van der Waals surface area contributed by atoms with Gasteiger partial charge in [-0.2, -0.15) is 0 Å². The van der Waals surface area contributed by atoms with E-state index in [1.165, 1.54) is 0 Å². The molecule has 19 heavy (non-hydrogen) atoms. The normalized spacial score (nSPS) is 12.5. The Morgan fingerprint density at radius 1 is 1.47 bits per heavy atom. The van der Waals surface area contributed by atoms with E-state index < -0.39 is 0 Å². The fourth-order valence-corrected chi connectivity index (χ4v) is 2.44. The lowest BCUT2D eigenvalue weighted by Gasteiger charge is -2.19. The fraction of sp³-hybridized carbons (Fsp3) is 0.357. The highest BCUT2D eigenvalue weighted by atomic mass is 79.9. The van der Waals surface area contributed by atoms with Crippen molar-refractivity contribution in [3.8, 4) is 5.75 Å². The van der Waals surface area contributed by atoms with Crippen LogP contribution in [0.15, 0.2) is 41.4 Å². The van der Waals surface area contributed by atoms with Crippen molar-refractivity contribution in [1.29, 1.82) is 0 Å². The first-order valence-corrected chi connectivity index (χ1v) is 7.17. The van der Waals surface area contributed by atoms with E-state index in [9.17, 15) is 5.11 Å². The molecule has 0 aliphatic rings. The third kappa shape index (κ3) is 3.81. The lowest BCUT2D eigenvalue weighted by molar-refractivity contribution is 0.436. The number of imidazole rings is 1. The van der Waals surface area contributed by atoms with Gasteiger partial charge in [-0.15, -0.1) is 0 Å². The highest BCUT2D eigenvalue weighted by Crippen LogP contribution is 2.29. The van der Waals surface area contributed by atoms with Gasteiger partial charge in [-0.05, 0) is 24.6 Å². The number of hydrogen-bond acceptors (Lipinski definition) is 3. The highest BCUT2D eigenvalue weighted by Gasteiger charge is 2.13. The first-order chi connectivity index (χ1) is 9.20. The van der Waals surface area contributed by atoms with Crippen LogP contribution < -0.4 is 5.32 Å². The third-order valence-corrected chi connectivity index (χ3v) is 3.59. The smallest absolute Gasteiger partial charge is 0.120 e. The van der Waals surface area contributed by atoms with Gasteiger partial charge in [-0.25, -0.2) is 4.98 Å². The zero-order valence-corrected chi connectivity index (χ0v) is 12.5. The Kier molecular flexibility index (Phi) is 4.99. The number of benzene rings is 1. The molecule has 0 saturated carbocycles. The van der Waals surface area contributed by atoms with Crippen LogP contribution in [0.4, 0.5) is 0 Å². The van der Waals surface area contributed by atoms with Gasteiger partial charge >= 0.3 is 0 Å². The second-order valence-corrected chi connectivity index (χ2v) is 5.33. The van der Waals surface area contributed by atoms with E-state index in [0.717, 1.165) is 29.5 Å². The van der Waals surface area contributed by atoms with E-state index >= 15 is 0 Å². The summed E-state index contributed by atoms with van der Waals surface area (Å²) in [6, 6.07) is 5.69. The molecular formula is C14H18BrN3O. The molecule has 102 valence electrons. The molecular weight excluding hydrogens is 306 g/mol. The summed E-state index contributed by atoms with van der Waals surface area (Å²) in [5.74, 6) is 0.338. The van der Waals surface area contributed by atoms with Crippen LogP contribution in [0.1, 0.15) is 24.9 Å². The number of phenols is 1. The van der Waals surface area contributed by atoms with Gasteiger partial charge in [0.1, 0.15) is 5.75 Å². The van der Waals surface area contributed by atoms with Crippen LogP contribution in [0.2, 0.25) is 0 Å². The SMILES string of the molecule is CCC(NCCn1ccnc1)c1cc(Br)ccc1O. The minimum absolute atomic E-state index is 0.154. The lowest BCUT2D eigenvalue weighted by Crippen LogP contribution is -2.24. The quantitative estimate of drug-likeness (QED) is 0.858. The van der Waals surface area contributed by atoms with Gasteiger partial charge < -0.3 is 15.0 Å². The topological polar surface area (TPSA) is 50.1 Å². The van der Waals surface area contributed by atoms with Crippen molar-refractivity contribution in [3.05, 3.63) is 47.0 Å². The molecule has 0 aliphatic carbocycles. The minimum atomic E-state index is 0.154. The van der Waals surface area contributed by atoms with Gasteiger partial charge in [0.05, 0.1) is 6.33 Å². The van der Waals surface area contributed by atoms with E-state index in [1.807, 2.05) is 22.9 Å². The molecule has 2 rings (SSSR count). The molecule has 2 aromatic rings. The fourth-order valence-electron chi connectivity index (χ4n) is 2.07. The van der Waals surface area contributed by atoms with E-state index in [4.69, 9.17) is 0 Å². The zero-order chi connectivity index (χ0) is 13.7. The molecule has 1 aromatic carbocycles. The monoisotopic (exact) mass is 323 g/mol. The number of aromatic hydroxyl groups is 1. The third-order valence-electron chi connectivity index (χ3n) is 3.09. The maximum atomic E-state index is 9.94. The van der Waals surface area contributed by atoms with Gasteiger partial charge in [0, 0.05) is 41.6 Å². The molecule has 0 spiro atoms. The molecule has 0 saturated heterocycles. The molecule has 5 heteroatoms. The Balaban J connectivity index is 1.97. The number of halogens is 1. The number of nitrogens with zero attached hydrogens (tertiary/aromatic N) is 2. The summed E-state index contributed by atoms with van der Waals surface area (Å²) in [7, 11) is 0. The first kappa shape index (κ1) is 14.1. The highest BCUT2D eigenvalue weighted by molar-refractivity contribution is 9.10. The van der Waals surface area contributed by atoms with Crippen LogP contribution in [0.3, 0.4) is 0 Å². The Morgan fingerprint density at radius 2 is 2.32 bits per heavy atom. The van der Waals surface area contributed by atoms with Gasteiger partial charge in [-0.1, -0.05) is 22.9 Å². The predicted octanol–water partition coefficient (Wildman–Crippen LogP) is 3.09.